The van der Waals surface area contributed by atoms with E-state index in [1.165, 1.54) is 22.3 Å². The third kappa shape index (κ3) is 5.21. The number of benzene rings is 1. The molecule has 0 heterocycles. The summed E-state index contributed by atoms with van der Waals surface area (Å²) < 4.78 is 11.3. The zero-order chi connectivity index (χ0) is 19.6. The number of ether oxygens (including phenoxy) is 2. The van der Waals surface area contributed by atoms with E-state index < -0.39 is 0 Å². The standard InChI is InChI=1S/C23H36O3/c1-7-18(5)21(13-15-25-16-14-24)23(8-2,9-3)22-17-20(26-10-4)12-11-19(22)6/h7,11-13,17,24H,8-10,14-16H2,1-6H3/b18-7-,21-13+. The van der Waals surface area contributed by atoms with Crippen molar-refractivity contribution in [2.75, 3.05) is 26.4 Å². The third-order valence-electron chi connectivity index (χ3n) is 5.26. The highest BCUT2D eigenvalue weighted by Gasteiger charge is 2.34. The molecule has 0 aliphatic rings. The predicted octanol–water partition coefficient (Wildman–Crippen LogP) is 5.35. The second kappa shape index (κ2) is 11.2. The highest BCUT2D eigenvalue weighted by Crippen LogP contribution is 2.44. The number of rotatable bonds is 11. The van der Waals surface area contributed by atoms with E-state index in [1.807, 2.05) is 6.92 Å². The van der Waals surface area contributed by atoms with Crippen molar-refractivity contribution in [1.82, 2.24) is 0 Å². The van der Waals surface area contributed by atoms with Gasteiger partial charge < -0.3 is 14.6 Å². The first-order chi connectivity index (χ1) is 12.5. The lowest BCUT2D eigenvalue weighted by atomic mass is 9.66. The Bertz CT molecular complexity index is 610. The molecule has 0 amide bonds. The van der Waals surface area contributed by atoms with Crippen LogP contribution in [0.2, 0.25) is 0 Å². The molecule has 3 nitrogen and oxygen atoms in total. The molecule has 1 rings (SSSR count). The van der Waals surface area contributed by atoms with Gasteiger partial charge in [0.25, 0.3) is 0 Å². The Morgan fingerprint density at radius 3 is 2.42 bits per heavy atom. The summed E-state index contributed by atoms with van der Waals surface area (Å²) in [5.41, 5.74) is 5.09. The van der Waals surface area contributed by atoms with Crippen LogP contribution in [0.4, 0.5) is 0 Å². The normalized spacial score (nSPS) is 13.2. The molecular formula is C23H36O3. The van der Waals surface area contributed by atoms with Gasteiger partial charge >= 0.3 is 0 Å². The fourth-order valence-corrected chi connectivity index (χ4v) is 3.71. The maximum Gasteiger partial charge on any atom is 0.119 e. The lowest BCUT2D eigenvalue weighted by Gasteiger charge is -2.37. The van der Waals surface area contributed by atoms with Crippen LogP contribution in [-0.4, -0.2) is 31.5 Å². The number of hydrogen-bond acceptors (Lipinski definition) is 3. The van der Waals surface area contributed by atoms with Crippen LogP contribution in [0.15, 0.2) is 41.5 Å². The fraction of sp³-hybridized carbons (Fsp3) is 0.565. The lowest BCUT2D eigenvalue weighted by Crippen LogP contribution is -2.29. The Hall–Kier alpha value is -1.58. The van der Waals surface area contributed by atoms with Crippen LogP contribution in [0.25, 0.3) is 0 Å². The maximum atomic E-state index is 8.96. The summed E-state index contributed by atoms with van der Waals surface area (Å²) >= 11 is 0. The average Bonchev–Trinajstić information content (AvgIpc) is 2.66. The third-order valence-corrected chi connectivity index (χ3v) is 5.26. The van der Waals surface area contributed by atoms with E-state index in [0.29, 0.717) is 19.8 Å². The molecule has 0 saturated carbocycles. The monoisotopic (exact) mass is 360 g/mol. The molecule has 146 valence electrons. The van der Waals surface area contributed by atoms with Crippen molar-refractivity contribution in [2.24, 2.45) is 0 Å². The minimum atomic E-state index is -0.0869. The van der Waals surface area contributed by atoms with Crippen molar-refractivity contribution >= 4 is 0 Å². The summed E-state index contributed by atoms with van der Waals surface area (Å²) in [6, 6.07) is 6.41. The zero-order valence-electron chi connectivity index (χ0n) is 17.4. The van der Waals surface area contributed by atoms with E-state index in [9.17, 15) is 0 Å². The van der Waals surface area contributed by atoms with Gasteiger partial charge in [0, 0.05) is 5.41 Å². The molecule has 0 unspecified atom stereocenters. The molecule has 1 N–H and O–H groups in total. The summed E-state index contributed by atoms with van der Waals surface area (Å²) in [5.74, 6) is 0.924. The molecular weight excluding hydrogens is 324 g/mol. The van der Waals surface area contributed by atoms with Gasteiger partial charge in [-0.05, 0) is 69.4 Å². The summed E-state index contributed by atoms with van der Waals surface area (Å²) in [5, 5.41) is 8.96. The van der Waals surface area contributed by atoms with Crippen molar-refractivity contribution in [3.63, 3.8) is 0 Å². The molecule has 0 aliphatic carbocycles. The molecule has 0 saturated heterocycles. The van der Waals surface area contributed by atoms with E-state index in [4.69, 9.17) is 14.6 Å². The van der Waals surface area contributed by atoms with Gasteiger partial charge in [-0.15, -0.1) is 0 Å². The maximum absolute atomic E-state index is 8.96. The van der Waals surface area contributed by atoms with Crippen molar-refractivity contribution < 1.29 is 14.6 Å². The quantitative estimate of drug-likeness (QED) is 0.427. The van der Waals surface area contributed by atoms with Crippen molar-refractivity contribution in [3.8, 4) is 5.75 Å². The SMILES string of the molecule is C/C=C(C)\C(=C/COCCO)C(CC)(CC)c1cc(OCC)ccc1C. The van der Waals surface area contributed by atoms with Crippen LogP contribution in [0.1, 0.15) is 58.6 Å². The summed E-state index contributed by atoms with van der Waals surface area (Å²) in [6.45, 7) is 14.5. The molecule has 1 aromatic rings. The first-order valence-electron chi connectivity index (χ1n) is 9.77. The van der Waals surface area contributed by atoms with E-state index in [0.717, 1.165) is 18.6 Å². The first kappa shape index (κ1) is 22.5. The highest BCUT2D eigenvalue weighted by molar-refractivity contribution is 5.51. The van der Waals surface area contributed by atoms with E-state index >= 15 is 0 Å². The van der Waals surface area contributed by atoms with Crippen LogP contribution in [-0.2, 0) is 10.2 Å². The molecule has 0 spiro atoms. The molecule has 0 radical (unpaired) electrons. The Kier molecular flexibility index (Phi) is 9.68. The Morgan fingerprint density at radius 1 is 1.19 bits per heavy atom. The molecule has 0 atom stereocenters. The number of aliphatic hydroxyl groups excluding tert-OH is 1. The van der Waals surface area contributed by atoms with Crippen LogP contribution < -0.4 is 4.74 Å². The van der Waals surface area contributed by atoms with Crippen LogP contribution in [0, 0.1) is 6.92 Å². The second-order valence-electron chi connectivity index (χ2n) is 6.59. The minimum absolute atomic E-state index is 0.0496. The van der Waals surface area contributed by atoms with E-state index in [2.05, 4.69) is 65.0 Å². The number of aliphatic hydroxyl groups is 1. The van der Waals surface area contributed by atoms with Crippen molar-refractivity contribution in [1.29, 1.82) is 0 Å². The molecule has 1 aromatic carbocycles. The first-order valence-corrected chi connectivity index (χ1v) is 9.77. The number of hydrogen-bond donors (Lipinski definition) is 1. The smallest absolute Gasteiger partial charge is 0.119 e. The highest BCUT2D eigenvalue weighted by atomic mass is 16.5. The number of allylic oxidation sites excluding steroid dienone is 3. The Balaban J connectivity index is 3.50. The van der Waals surface area contributed by atoms with Gasteiger partial charge in [-0.25, -0.2) is 0 Å². The topological polar surface area (TPSA) is 38.7 Å². The zero-order valence-corrected chi connectivity index (χ0v) is 17.4. The lowest BCUT2D eigenvalue weighted by molar-refractivity contribution is 0.111. The summed E-state index contributed by atoms with van der Waals surface area (Å²) in [7, 11) is 0. The van der Waals surface area contributed by atoms with Gasteiger partial charge in [-0.3, -0.25) is 0 Å². The van der Waals surface area contributed by atoms with Crippen molar-refractivity contribution in [2.45, 2.75) is 59.8 Å². The molecule has 3 heteroatoms. The van der Waals surface area contributed by atoms with Crippen LogP contribution >= 0.6 is 0 Å². The Morgan fingerprint density at radius 2 is 1.88 bits per heavy atom. The molecule has 26 heavy (non-hydrogen) atoms. The molecule has 0 aliphatic heterocycles. The van der Waals surface area contributed by atoms with Gasteiger partial charge in [0.05, 0.1) is 26.4 Å². The van der Waals surface area contributed by atoms with Gasteiger partial charge in [-0.2, -0.15) is 0 Å². The van der Waals surface area contributed by atoms with Gasteiger partial charge in [0.15, 0.2) is 0 Å². The average molecular weight is 361 g/mol. The largest absolute Gasteiger partial charge is 0.494 e. The van der Waals surface area contributed by atoms with Gasteiger partial charge in [0.1, 0.15) is 5.75 Å². The molecule has 0 aromatic heterocycles. The van der Waals surface area contributed by atoms with Crippen LogP contribution in [0.5, 0.6) is 5.75 Å². The van der Waals surface area contributed by atoms with E-state index in [1.54, 1.807) is 0 Å². The van der Waals surface area contributed by atoms with Gasteiger partial charge in [0.2, 0.25) is 0 Å². The Labute approximate surface area is 159 Å². The van der Waals surface area contributed by atoms with Crippen molar-refractivity contribution in [3.05, 3.63) is 52.6 Å². The number of aryl methyl sites for hydroxylation is 1. The fourth-order valence-electron chi connectivity index (χ4n) is 3.71. The van der Waals surface area contributed by atoms with E-state index in [-0.39, 0.29) is 12.0 Å². The summed E-state index contributed by atoms with van der Waals surface area (Å²) in [6.07, 6.45) is 6.35. The summed E-state index contributed by atoms with van der Waals surface area (Å²) in [4.78, 5) is 0. The van der Waals surface area contributed by atoms with Gasteiger partial charge in [-0.1, -0.05) is 37.6 Å². The van der Waals surface area contributed by atoms with Crippen LogP contribution in [0.3, 0.4) is 0 Å². The second-order valence-corrected chi connectivity index (χ2v) is 6.59. The predicted molar refractivity (Wildman–Crippen MR) is 110 cm³/mol. The molecule has 0 fully saturated rings. The minimum Gasteiger partial charge on any atom is -0.494 e. The molecule has 0 bridgehead atoms.